The minimum atomic E-state index is -0.512. The molecule has 0 saturated carbocycles. The van der Waals surface area contributed by atoms with E-state index in [1.54, 1.807) is 0 Å². The van der Waals surface area contributed by atoms with Crippen LogP contribution in [0.4, 0.5) is 5.69 Å². The lowest BCUT2D eigenvalue weighted by Gasteiger charge is -2.08. The number of hydrogen-bond acceptors (Lipinski definition) is 4. The molecule has 6 heteroatoms. The molecule has 0 amide bonds. The second-order valence-electron chi connectivity index (χ2n) is 3.18. The van der Waals surface area contributed by atoms with E-state index in [0.717, 1.165) is 0 Å². The molecule has 3 N–H and O–H groups in total. The first kappa shape index (κ1) is 11.9. The zero-order valence-electron chi connectivity index (χ0n) is 7.89. The second kappa shape index (κ2) is 5.06. The topological polar surface area (TPSA) is 89.4 Å². The average Bonchev–Trinajstić information content (AvgIpc) is 2.17. The number of benzene rings is 1. The summed E-state index contributed by atoms with van der Waals surface area (Å²) in [6, 6.07) is 3.77. The molecule has 1 atom stereocenters. The van der Waals surface area contributed by atoms with Crippen molar-refractivity contribution < 1.29 is 10.0 Å². The molecule has 0 aliphatic heterocycles. The van der Waals surface area contributed by atoms with Crippen LogP contribution in [0.2, 0.25) is 5.02 Å². The largest absolute Gasteiger partial charge is 0.395 e. The van der Waals surface area contributed by atoms with Crippen LogP contribution in [0.3, 0.4) is 0 Å². The Morgan fingerprint density at radius 1 is 1.60 bits per heavy atom. The fourth-order valence-electron chi connectivity index (χ4n) is 1.24. The van der Waals surface area contributed by atoms with Gasteiger partial charge in [-0.2, -0.15) is 0 Å². The van der Waals surface area contributed by atoms with Gasteiger partial charge in [0.1, 0.15) is 0 Å². The molecule has 0 aromatic heterocycles. The van der Waals surface area contributed by atoms with E-state index in [9.17, 15) is 10.1 Å². The summed E-state index contributed by atoms with van der Waals surface area (Å²) in [5.74, 6) is 0. The maximum Gasteiger partial charge on any atom is 0.272 e. The van der Waals surface area contributed by atoms with Gasteiger partial charge in [0, 0.05) is 22.7 Å². The molecular weight excluding hydrogens is 220 g/mol. The van der Waals surface area contributed by atoms with Crippen molar-refractivity contribution in [3.8, 4) is 0 Å². The number of halogens is 1. The van der Waals surface area contributed by atoms with Crippen LogP contribution in [0.25, 0.3) is 0 Å². The molecule has 1 aromatic carbocycles. The van der Waals surface area contributed by atoms with E-state index in [0.29, 0.717) is 10.6 Å². The SMILES string of the molecule is NC(CO)Cc1cc(Cl)ccc1[N+](=O)[O-]. The molecule has 0 saturated heterocycles. The summed E-state index contributed by atoms with van der Waals surface area (Å²) in [7, 11) is 0. The van der Waals surface area contributed by atoms with Crippen LogP contribution in [-0.2, 0) is 6.42 Å². The molecule has 1 aromatic rings. The first-order valence-corrected chi connectivity index (χ1v) is 4.71. The highest BCUT2D eigenvalue weighted by molar-refractivity contribution is 6.30. The molecule has 0 heterocycles. The number of nitrogens with zero attached hydrogens (tertiary/aromatic N) is 1. The van der Waals surface area contributed by atoms with Gasteiger partial charge in [-0.05, 0) is 18.6 Å². The summed E-state index contributed by atoms with van der Waals surface area (Å²) in [4.78, 5) is 10.2. The molecule has 15 heavy (non-hydrogen) atoms. The first-order valence-electron chi connectivity index (χ1n) is 4.34. The monoisotopic (exact) mass is 230 g/mol. The lowest BCUT2D eigenvalue weighted by molar-refractivity contribution is -0.385. The van der Waals surface area contributed by atoms with Crippen molar-refractivity contribution in [2.75, 3.05) is 6.61 Å². The van der Waals surface area contributed by atoms with Crippen molar-refractivity contribution in [1.82, 2.24) is 0 Å². The van der Waals surface area contributed by atoms with Gasteiger partial charge in [-0.3, -0.25) is 10.1 Å². The summed E-state index contributed by atoms with van der Waals surface area (Å²) < 4.78 is 0. The number of rotatable bonds is 4. The summed E-state index contributed by atoms with van der Waals surface area (Å²) in [6.07, 6.45) is 0.230. The minimum absolute atomic E-state index is 0.0247. The van der Waals surface area contributed by atoms with E-state index in [1.165, 1.54) is 18.2 Å². The van der Waals surface area contributed by atoms with Crippen LogP contribution < -0.4 is 5.73 Å². The molecule has 0 fully saturated rings. The predicted molar refractivity (Wildman–Crippen MR) is 56.9 cm³/mol. The van der Waals surface area contributed by atoms with E-state index in [1.807, 2.05) is 0 Å². The van der Waals surface area contributed by atoms with Crippen LogP contribution in [-0.4, -0.2) is 22.7 Å². The van der Waals surface area contributed by atoms with Crippen molar-refractivity contribution in [3.05, 3.63) is 38.9 Å². The minimum Gasteiger partial charge on any atom is -0.395 e. The Hall–Kier alpha value is -1.17. The van der Waals surface area contributed by atoms with E-state index in [4.69, 9.17) is 22.4 Å². The van der Waals surface area contributed by atoms with Crippen LogP contribution in [0, 0.1) is 10.1 Å². The first-order chi connectivity index (χ1) is 7.04. The number of aliphatic hydroxyl groups excluding tert-OH is 1. The van der Waals surface area contributed by atoms with Gasteiger partial charge in [-0.15, -0.1) is 0 Å². The molecule has 0 aliphatic carbocycles. The third-order valence-electron chi connectivity index (χ3n) is 1.95. The highest BCUT2D eigenvalue weighted by atomic mass is 35.5. The lowest BCUT2D eigenvalue weighted by atomic mass is 10.1. The Bertz CT molecular complexity index is 370. The average molecular weight is 231 g/mol. The van der Waals surface area contributed by atoms with Crippen molar-refractivity contribution in [2.24, 2.45) is 5.73 Å². The Morgan fingerprint density at radius 2 is 2.27 bits per heavy atom. The van der Waals surface area contributed by atoms with Crippen LogP contribution in [0.5, 0.6) is 0 Å². The zero-order valence-corrected chi connectivity index (χ0v) is 8.65. The fraction of sp³-hybridized carbons (Fsp3) is 0.333. The predicted octanol–water partition coefficient (Wildman–Crippen LogP) is 1.11. The van der Waals surface area contributed by atoms with E-state index < -0.39 is 11.0 Å². The maximum absolute atomic E-state index is 10.7. The second-order valence-corrected chi connectivity index (χ2v) is 3.61. The Morgan fingerprint density at radius 3 is 2.80 bits per heavy atom. The zero-order chi connectivity index (χ0) is 11.4. The van der Waals surface area contributed by atoms with E-state index in [2.05, 4.69) is 0 Å². The molecule has 1 unspecified atom stereocenters. The van der Waals surface area contributed by atoms with Crippen LogP contribution in [0.1, 0.15) is 5.56 Å². The van der Waals surface area contributed by atoms with E-state index in [-0.39, 0.29) is 18.7 Å². The van der Waals surface area contributed by atoms with Gasteiger partial charge in [0.05, 0.1) is 11.5 Å². The number of nitrogens with two attached hydrogens (primary N) is 1. The van der Waals surface area contributed by atoms with Crippen molar-refractivity contribution >= 4 is 17.3 Å². The van der Waals surface area contributed by atoms with Gasteiger partial charge in [0.25, 0.3) is 5.69 Å². The number of aliphatic hydroxyl groups is 1. The molecule has 5 nitrogen and oxygen atoms in total. The molecule has 82 valence electrons. The molecule has 1 rings (SSSR count). The molecular formula is C9H11ClN2O3. The molecule has 0 bridgehead atoms. The Balaban J connectivity index is 3.02. The summed E-state index contributed by atoms with van der Waals surface area (Å²) in [5.41, 5.74) is 5.92. The highest BCUT2D eigenvalue weighted by Gasteiger charge is 2.15. The smallest absolute Gasteiger partial charge is 0.272 e. The molecule has 0 aliphatic rings. The van der Waals surface area contributed by atoms with Crippen molar-refractivity contribution in [2.45, 2.75) is 12.5 Å². The van der Waals surface area contributed by atoms with E-state index >= 15 is 0 Å². The standard InChI is InChI=1S/C9H11ClN2O3/c10-7-1-2-9(12(14)15)6(3-7)4-8(11)5-13/h1-3,8,13H,4-5,11H2. The quantitative estimate of drug-likeness (QED) is 0.599. The number of nitro groups is 1. The Kier molecular flexibility index (Phi) is 4.02. The Labute approximate surface area is 91.6 Å². The van der Waals surface area contributed by atoms with Gasteiger partial charge in [0.2, 0.25) is 0 Å². The maximum atomic E-state index is 10.7. The molecule has 0 radical (unpaired) electrons. The van der Waals surface area contributed by atoms with Gasteiger partial charge in [-0.1, -0.05) is 11.6 Å². The van der Waals surface area contributed by atoms with Crippen LogP contribution >= 0.6 is 11.6 Å². The van der Waals surface area contributed by atoms with Gasteiger partial charge >= 0.3 is 0 Å². The third-order valence-corrected chi connectivity index (χ3v) is 2.19. The van der Waals surface area contributed by atoms with Crippen molar-refractivity contribution in [1.29, 1.82) is 0 Å². The van der Waals surface area contributed by atoms with Crippen LogP contribution in [0.15, 0.2) is 18.2 Å². The summed E-state index contributed by atoms with van der Waals surface area (Å²) in [6.45, 7) is -0.219. The molecule has 0 spiro atoms. The number of nitro benzene ring substituents is 1. The van der Waals surface area contributed by atoms with Gasteiger partial charge in [0.15, 0.2) is 0 Å². The normalized spacial score (nSPS) is 12.5. The summed E-state index contributed by atoms with van der Waals surface area (Å²) in [5, 5.41) is 19.8. The van der Waals surface area contributed by atoms with Crippen molar-refractivity contribution in [3.63, 3.8) is 0 Å². The highest BCUT2D eigenvalue weighted by Crippen LogP contribution is 2.23. The number of hydrogen-bond donors (Lipinski definition) is 2. The van der Waals surface area contributed by atoms with Gasteiger partial charge < -0.3 is 10.8 Å². The summed E-state index contributed by atoms with van der Waals surface area (Å²) >= 11 is 5.72. The fourth-order valence-corrected chi connectivity index (χ4v) is 1.44. The third kappa shape index (κ3) is 3.16. The van der Waals surface area contributed by atoms with Gasteiger partial charge in [-0.25, -0.2) is 0 Å². The lowest BCUT2D eigenvalue weighted by Crippen LogP contribution is -2.27.